The molecule has 0 spiro atoms. The molecule has 2 N–H and O–H groups in total. The van der Waals surface area contributed by atoms with Crippen molar-refractivity contribution in [2.75, 3.05) is 5.32 Å². The van der Waals surface area contributed by atoms with Gasteiger partial charge in [0.1, 0.15) is 17.3 Å². The molecule has 108 valence electrons. The Morgan fingerprint density at radius 3 is 2.73 bits per heavy atom. The van der Waals surface area contributed by atoms with Crippen LogP contribution in [-0.4, -0.2) is 9.97 Å². The van der Waals surface area contributed by atoms with Gasteiger partial charge in [-0.15, -0.1) is 11.3 Å². The summed E-state index contributed by atoms with van der Waals surface area (Å²) < 4.78 is 0. The SMILES string of the molecule is N#Cc1c(-c2cccs2)nc(NCc2ccccc2)[nH]c1=O. The van der Waals surface area contributed by atoms with Crippen molar-refractivity contribution in [3.05, 3.63) is 69.3 Å². The van der Waals surface area contributed by atoms with Crippen molar-refractivity contribution in [2.24, 2.45) is 0 Å². The highest BCUT2D eigenvalue weighted by molar-refractivity contribution is 7.13. The number of aromatic amines is 1. The fourth-order valence-electron chi connectivity index (χ4n) is 2.03. The zero-order chi connectivity index (χ0) is 15.4. The Labute approximate surface area is 130 Å². The van der Waals surface area contributed by atoms with Crippen LogP contribution < -0.4 is 10.9 Å². The van der Waals surface area contributed by atoms with E-state index < -0.39 is 5.56 Å². The van der Waals surface area contributed by atoms with Crippen molar-refractivity contribution >= 4 is 17.3 Å². The molecule has 1 aromatic carbocycles. The molecular formula is C16H12N4OS. The van der Waals surface area contributed by atoms with E-state index in [4.69, 9.17) is 0 Å². The zero-order valence-corrected chi connectivity index (χ0v) is 12.4. The molecule has 0 atom stereocenters. The van der Waals surface area contributed by atoms with E-state index in [9.17, 15) is 10.1 Å². The van der Waals surface area contributed by atoms with Crippen LogP contribution in [0.5, 0.6) is 0 Å². The average Bonchev–Trinajstić information content (AvgIpc) is 3.07. The Bertz CT molecular complexity index is 863. The summed E-state index contributed by atoms with van der Waals surface area (Å²) >= 11 is 1.44. The summed E-state index contributed by atoms with van der Waals surface area (Å²) in [4.78, 5) is 19.8. The van der Waals surface area contributed by atoms with Crippen LogP contribution in [0.3, 0.4) is 0 Å². The molecule has 6 heteroatoms. The van der Waals surface area contributed by atoms with Gasteiger partial charge in [0, 0.05) is 6.54 Å². The molecule has 0 radical (unpaired) electrons. The number of nitrogens with zero attached hydrogens (tertiary/aromatic N) is 2. The van der Waals surface area contributed by atoms with Crippen molar-refractivity contribution in [2.45, 2.75) is 6.54 Å². The van der Waals surface area contributed by atoms with E-state index in [1.54, 1.807) is 0 Å². The smallest absolute Gasteiger partial charge is 0.270 e. The van der Waals surface area contributed by atoms with E-state index >= 15 is 0 Å². The maximum Gasteiger partial charge on any atom is 0.270 e. The molecule has 0 aliphatic carbocycles. The first kappa shape index (κ1) is 14.0. The predicted molar refractivity (Wildman–Crippen MR) is 86.7 cm³/mol. The molecule has 5 nitrogen and oxygen atoms in total. The minimum Gasteiger partial charge on any atom is -0.352 e. The topological polar surface area (TPSA) is 81.6 Å². The van der Waals surface area contributed by atoms with Gasteiger partial charge in [-0.3, -0.25) is 9.78 Å². The first-order valence-corrected chi connectivity index (χ1v) is 7.52. The molecule has 0 fully saturated rings. The Morgan fingerprint density at radius 2 is 2.05 bits per heavy atom. The number of anilines is 1. The number of nitriles is 1. The van der Waals surface area contributed by atoms with Crippen LogP contribution in [0.15, 0.2) is 52.6 Å². The molecular weight excluding hydrogens is 296 g/mol. The summed E-state index contributed by atoms with van der Waals surface area (Å²) in [5.74, 6) is 0.358. The Morgan fingerprint density at radius 1 is 1.23 bits per heavy atom. The van der Waals surface area contributed by atoms with Crippen LogP contribution in [0.4, 0.5) is 5.95 Å². The zero-order valence-electron chi connectivity index (χ0n) is 11.5. The van der Waals surface area contributed by atoms with Gasteiger partial charge in [-0.25, -0.2) is 4.98 Å². The molecule has 2 heterocycles. The number of nitrogens with one attached hydrogen (secondary N) is 2. The van der Waals surface area contributed by atoms with Crippen molar-refractivity contribution in [1.29, 1.82) is 5.26 Å². The number of rotatable bonds is 4. The number of H-pyrrole nitrogens is 1. The molecule has 0 amide bonds. The van der Waals surface area contributed by atoms with E-state index in [1.165, 1.54) is 11.3 Å². The molecule has 0 saturated heterocycles. The maximum atomic E-state index is 12.0. The largest absolute Gasteiger partial charge is 0.352 e. The summed E-state index contributed by atoms with van der Waals surface area (Å²) in [5, 5.41) is 14.1. The number of thiophene rings is 1. The molecule has 22 heavy (non-hydrogen) atoms. The number of benzene rings is 1. The van der Waals surface area contributed by atoms with Crippen molar-refractivity contribution in [3.63, 3.8) is 0 Å². The fourth-order valence-corrected chi connectivity index (χ4v) is 2.75. The van der Waals surface area contributed by atoms with E-state index in [-0.39, 0.29) is 5.56 Å². The lowest BCUT2D eigenvalue weighted by Gasteiger charge is -2.07. The second kappa shape index (κ2) is 6.24. The van der Waals surface area contributed by atoms with Crippen LogP contribution in [-0.2, 0) is 6.54 Å². The molecule has 0 unspecified atom stereocenters. The van der Waals surface area contributed by atoms with Crippen molar-refractivity contribution in [3.8, 4) is 16.6 Å². The Balaban J connectivity index is 1.93. The Hall–Kier alpha value is -2.91. The summed E-state index contributed by atoms with van der Waals surface area (Å²) in [6.45, 7) is 0.541. The van der Waals surface area contributed by atoms with Crippen LogP contribution in [0, 0.1) is 11.3 Å². The standard InChI is InChI=1S/C16H12N4OS/c17-9-12-14(13-7-4-8-22-13)19-16(20-15(12)21)18-10-11-5-2-1-3-6-11/h1-8H,10H2,(H2,18,19,20,21). The van der Waals surface area contributed by atoms with Crippen LogP contribution >= 0.6 is 11.3 Å². The molecule has 3 aromatic rings. The monoisotopic (exact) mass is 308 g/mol. The van der Waals surface area contributed by atoms with Gasteiger partial charge in [0.2, 0.25) is 5.95 Å². The van der Waals surface area contributed by atoms with Gasteiger partial charge in [0.05, 0.1) is 4.88 Å². The maximum absolute atomic E-state index is 12.0. The number of hydrogen-bond donors (Lipinski definition) is 2. The van der Waals surface area contributed by atoms with E-state index in [1.807, 2.05) is 53.9 Å². The molecule has 3 rings (SSSR count). The number of aromatic nitrogens is 2. The highest BCUT2D eigenvalue weighted by Crippen LogP contribution is 2.24. The highest BCUT2D eigenvalue weighted by Gasteiger charge is 2.13. The van der Waals surface area contributed by atoms with Gasteiger partial charge in [-0.05, 0) is 17.0 Å². The number of hydrogen-bond acceptors (Lipinski definition) is 5. The van der Waals surface area contributed by atoms with Gasteiger partial charge in [-0.1, -0.05) is 36.4 Å². The van der Waals surface area contributed by atoms with Gasteiger partial charge < -0.3 is 5.32 Å². The molecule has 0 aliphatic heterocycles. The van der Waals surface area contributed by atoms with E-state index in [2.05, 4.69) is 15.3 Å². The summed E-state index contributed by atoms with van der Waals surface area (Å²) in [6.07, 6.45) is 0. The van der Waals surface area contributed by atoms with Crippen LogP contribution in [0.1, 0.15) is 11.1 Å². The molecule has 0 aliphatic rings. The molecule has 2 aromatic heterocycles. The van der Waals surface area contributed by atoms with Crippen molar-refractivity contribution in [1.82, 2.24) is 9.97 Å². The molecule has 0 saturated carbocycles. The summed E-state index contributed by atoms with van der Waals surface area (Å²) in [5.41, 5.74) is 1.09. The van der Waals surface area contributed by atoms with Gasteiger partial charge in [-0.2, -0.15) is 5.26 Å². The first-order chi connectivity index (χ1) is 10.8. The van der Waals surface area contributed by atoms with E-state index in [0.29, 0.717) is 18.2 Å². The lowest BCUT2D eigenvalue weighted by molar-refractivity contribution is 1.03. The summed E-state index contributed by atoms with van der Waals surface area (Å²) in [6, 6.07) is 15.4. The average molecular weight is 308 g/mol. The summed E-state index contributed by atoms with van der Waals surface area (Å²) in [7, 11) is 0. The first-order valence-electron chi connectivity index (χ1n) is 6.64. The van der Waals surface area contributed by atoms with E-state index in [0.717, 1.165) is 10.4 Å². The van der Waals surface area contributed by atoms with Gasteiger partial charge >= 0.3 is 0 Å². The van der Waals surface area contributed by atoms with Gasteiger partial charge in [0.25, 0.3) is 5.56 Å². The second-order valence-corrected chi connectivity index (χ2v) is 5.51. The predicted octanol–water partition coefficient (Wildman–Crippen LogP) is 2.98. The second-order valence-electron chi connectivity index (χ2n) is 4.57. The third-order valence-electron chi connectivity index (χ3n) is 3.09. The minimum atomic E-state index is -0.434. The lowest BCUT2D eigenvalue weighted by atomic mass is 10.2. The van der Waals surface area contributed by atoms with Crippen molar-refractivity contribution < 1.29 is 0 Å². The third kappa shape index (κ3) is 2.90. The van der Waals surface area contributed by atoms with Crippen LogP contribution in [0.2, 0.25) is 0 Å². The Kier molecular flexibility index (Phi) is 3.99. The highest BCUT2D eigenvalue weighted by atomic mass is 32.1. The quantitative estimate of drug-likeness (QED) is 0.776. The molecule has 0 bridgehead atoms. The minimum absolute atomic E-state index is 0.0349. The van der Waals surface area contributed by atoms with Gasteiger partial charge in [0.15, 0.2) is 0 Å². The fraction of sp³-hybridized carbons (Fsp3) is 0.0625. The lowest BCUT2D eigenvalue weighted by Crippen LogP contribution is -2.17. The third-order valence-corrected chi connectivity index (χ3v) is 3.97. The normalized spacial score (nSPS) is 10.1. The van der Waals surface area contributed by atoms with Crippen LogP contribution in [0.25, 0.3) is 10.6 Å².